The zero-order chi connectivity index (χ0) is 33.1. The maximum Gasteiger partial charge on any atom is 0.267 e. The number of carbonyl (C=O) groups excluding carboxylic acids is 2. The maximum atomic E-state index is 13.0. The Morgan fingerprint density at radius 2 is 1.87 bits per heavy atom. The van der Waals surface area contributed by atoms with Gasteiger partial charge >= 0.3 is 0 Å². The minimum absolute atomic E-state index is 0.0738. The summed E-state index contributed by atoms with van der Waals surface area (Å²) in [5.74, 6) is 1.30. The van der Waals surface area contributed by atoms with Crippen molar-refractivity contribution < 1.29 is 14.3 Å². The summed E-state index contributed by atoms with van der Waals surface area (Å²) in [4.78, 5) is 43.6. The highest BCUT2D eigenvalue weighted by Gasteiger charge is 2.24. The van der Waals surface area contributed by atoms with Crippen molar-refractivity contribution in [2.45, 2.75) is 13.8 Å². The number of halogens is 1. The fourth-order valence-corrected chi connectivity index (χ4v) is 6.16. The van der Waals surface area contributed by atoms with Crippen molar-refractivity contribution in [2.75, 3.05) is 48.8 Å². The minimum Gasteiger partial charge on any atom is -0.493 e. The monoisotopic (exact) mass is 669 g/mol. The van der Waals surface area contributed by atoms with E-state index in [-0.39, 0.29) is 11.8 Å². The number of anilines is 4. The Kier molecular flexibility index (Phi) is 9.18. The van der Waals surface area contributed by atoms with Crippen molar-refractivity contribution in [2.24, 2.45) is 0 Å². The van der Waals surface area contributed by atoms with Crippen LogP contribution in [0.5, 0.6) is 5.75 Å². The quantitative estimate of drug-likeness (QED) is 0.184. The van der Waals surface area contributed by atoms with Gasteiger partial charge in [-0.25, -0.2) is 19.6 Å². The van der Waals surface area contributed by atoms with Crippen molar-refractivity contribution in [3.8, 4) is 22.7 Å². The van der Waals surface area contributed by atoms with E-state index in [9.17, 15) is 9.59 Å². The number of hydrogen-bond acceptors (Lipinski definition) is 10. The van der Waals surface area contributed by atoms with Crippen LogP contribution in [0.3, 0.4) is 0 Å². The zero-order valence-electron chi connectivity index (χ0n) is 26.0. The lowest BCUT2D eigenvalue weighted by molar-refractivity contribution is -0.126. The molecule has 47 heavy (non-hydrogen) atoms. The highest BCUT2D eigenvalue weighted by atomic mass is 35.5. The van der Waals surface area contributed by atoms with Crippen molar-refractivity contribution in [3.63, 3.8) is 0 Å². The first-order chi connectivity index (χ1) is 22.7. The number of aromatic nitrogens is 5. The summed E-state index contributed by atoms with van der Waals surface area (Å²) < 4.78 is 7.39. The molecule has 0 unspecified atom stereocenters. The third kappa shape index (κ3) is 6.81. The van der Waals surface area contributed by atoms with Crippen molar-refractivity contribution in [1.82, 2.24) is 29.6 Å². The van der Waals surface area contributed by atoms with Gasteiger partial charge in [0.25, 0.3) is 5.91 Å². The number of thiazole rings is 1. The molecule has 1 saturated heterocycles. The third-order valence-corrected chi connectivity index (χ3v) is 8.90. The lowest BCUT2D eigenvalue weighted by Crippen LogP contribution is -2.48. The largest absolute Gasteiger partial charge is 0.493 e. The summed E-state index contributed by atoms with van der Waals surface area (Å²) in [5, 5.41) is 11.7. The molecule has 0 bridgehead atoms. The number of methoxy groups -OCH3 is 1. The second kappa shape index (κ2) is 13.6. The van der Waals surface area contributed by atoms with Crippen LogP contribution in [0.1, 0.15) is 20.9 Å². The number of nitrogens with zero attached hydrogens (tertiary/aromatic N) is 7. The number of ether oxygens (including phenoxy) is 1. The van der Waals surface area contributed by atoms with Gasteiger partial charge in [0, 0.05) is 44.1 Å². The predicted molar refractivity (Wildman–Crippen MR) is 184 cm³/mol. The molecule has 1 aliphatic heterocycles. The van der Waals surface area contributed by atoms with E-state index < -0.39 is 0 Å². The minimum atomic E-state index is -0.318. The van der Waals surface area contributed by atoms with Gasteiger partial charge in [0.2, 0.25) is 5.91 Å². The molecule has 12 nitrogen and oxygen atoms in total. The van der Waals surface area contributed by atoms with E-state index in [0.29, 0.717) is 64.2 Å². The van der Waals surface area contributed by atoms with Crippen LogP contribution in [-0.2, 0) is 4.79 Å². The molecular weight excluding hydrogens is 638 g/mol. The number of rotatable bonds is 9. The molecule has 2 N–H and O–H groups in total. The highest BCUT2D eigenvalue weighted by molar-refractivity contribution is 7.17. The Morgan fingerprint density at radius 3 is 2.57 bits per heavy atom. The Labute approximate surface area is 280 Å². The van der Waals surface area contributed by atoms with Gasteiger partial charge in [-0.3, -0.25) is 9.59 Å². The Morgan fingerprint density at radius 1 is 1.06 bits per heavy atom. The zero-order valence-corrected chi connectivity index (χ0v) is 27.6. The molecule has 2 amide bonds. The molecule has 0 saturated carbocycles. The van der Waals surface area contributed by atoms with Crippen LogP contribution < -0.4 is 20.3 Å². The van der Waals surface area contributed by atoms with E-state index in [4.69, 9.17) is 26.3 Å². The van der Waals surface area contributed by atoms with Gasteiger partial charge < -0.3 is 25.2 Å². The smallest absolute Gasteiger partial charge is 0.267 e. The first-order valence-electron chi connectivity index (χ1n) is 14.8. The normalized spacial score (nSPS) is 12.9. The van der Waals surface area contributed by atoms with E-state index in [1.165, 1.54) is 23.6 Å². The van der Waals surface area contributed by atoms with E-state index in [1.807, 2.05) is 56.4 Å². The van der Waals surface area contributed by atoms with Gasteiger partial charge in [0.15, 0.2) is 22.5 Å². The first-order valence-corrected chi connectivity index (χ1v) is 16.0. The number of pyridine rings is 2. The molecule has 5 heterocycles. The number of carbonyl (C=O) groups is 2. The van der Waals surface area contributed by atoms with Gasteiger partial charge in [-0.1, -0.05) is 41.6 Å². The molecule has 1 aromatic carbocycles. The van der Waals surface area contributed by atoms with Crippen LogP contribution in [0.4, 0.5) is 22.5 Å². The molecule has 14 heteroatoms. The standard InChI is InChI=1S/C33H32ClN9O3S/c1-5-28(44)41-13-15-42(16-14-41)31-25(43-12-11-21(3)40-43)17-22(18-35-31)24-9-10-26(46-4)30(37-24)39-33-36-19-27(47-33)32(45)38-29-20(2)7-6-8-23(29)34/h5-12,17-19H,1,13-16H2,2-4H3,(H,38,45)(H,36,37,39). The molecule has 0 radical (unpaired) electrons. The van der Waals surface area contributed by atoms with Crippen LogP contribution in [0.15, 0.2) is 73.7 Å². The lowest BCUT2D eigenvalue weighted by atomic mass is 10.1. The van der Waals surface area contributed by atoms with E-state index >= 15 is 0 Å². The summed E-state index contributed by atoms with van der Waals surface area (Å²) in [6.45, 7) is 9.81. The molecule has 240 valence electrons. The number of piperazine rings is 1. The second-order valence-corrected chi connectivity index (χ2v) is 12.2. The molecule has 4 aromatic heterocycles. The van der Waals surface area contributed by atoms with E-state index in [2.05, 4.69) is 32.2 Å². The SMILES string of the molecule is C=CC(=O)N1CCN(c2ncc(-c3ccc(OC)c(Nc4ncc(C(=O)Nc5c(C)cccc5Cl)s4)n3)cc2-n2ccc(C)n2)CC1. The fraction of sp³-hybridized carbons (Fsp3) is 0.212. The van der Waals surface area contributed by atoms with Crippen LogP contribution >= 0.6 is 22.9 Å². The summed E-state index contributed by atoms with van der Waals surface area (Å²) >= 11 is 7.48. The van der Waals surface area contributed by atoms with Crippen LogP contribution in [0, 0.1) is 13.8 Å². The molecule has 1 aliphatic rings. The molecule has 0 aliphatic carbocycles. The third-order valence-electron chi connectivity index (χ3n) is 7.67. The number of nitrogens with one attached hydrogen (secondary N) is 2. The number of benzene rings is 1. The molecule has 5 aromatic rings. The van der Waals surface area contributed by atoms with Crippen LogP contribution in [0.2, 0.25) is 5.02 Å². The fourth-order valence-electron chi connectivity index (χ4n) is 5.18. The summed E-state index contributed by atoms with van der Waals surface area (Å²) in [7, 11) is 1.56. The predicted octanol–water partition coefficient (Wildman–Crippen LogP) is 5.90. The number of amides is 2. The second-order valence-electron chi connectivity index (χ2n) is 10.8. The number of hydrogen-bond donors (Lipinski definition) is 2. The maximum absolute atomic E-state index is 13.0. The molecule has 0 atom stereocenters. The summed E-state index contributed by atoms with van der Waals surface area (Å²) in [6.07, 6.45) is 6.52. The van der Waals surface area contributed by atoms with Crippen molar-refractivity contribution >= 4 is 57.2 Å². The van der Waals surface area contributed by atoms with Crippen LogP contribution in [0.25, 0.3) is 16.9 Å². The Bertz CT molecular complexity index is 1950. The Hall–Kier alpha value is -5.27. The number of aryl methyl sites for hydroxylation is 2. The van der Waals surface area contributed by atoms with Gasteiger partial charge in [-0.15, -0.1) is 0 Å². The summed E-state index contributed by atoms with van der Waals surface area (Å²) in [6, 6.07) is 13.0. The highest BCUT2D eigenvalue weighted by Crippen LogP contribution is 2.34. The van der Waals surface area contributed by atoms with E-state index in [1.54, 1.807) is 29.0 Å². The van der Waals surface area contributed by atoms with Gasteiger partial charge in [0.1, 0.15) is 10.6 Å². The average Bonchev–Trinajstić information content (AvgIpc) is 3.75. The molecule has 1 fully saturated rings. The average molecular weight is 670 g/mol. The first kappa shape index (κ1) is 31.7. The molecule has 6 rings (SSSR count). The van der Waals surface area contributed by atoms with Crippen molar-refractivity contribution in [1.29, 1.82) is 0 Å². The number of para-hydroxylation sites is 1. The lowest BCUT2D eigenvalue weighted by Gasteiger charge is -2.35. The van der Waals surface area contributed by atoms with Gasteiger partial charge in [0.05, 0.1) is 35.4 Å². The molecular formula is C33H32ClN9O3S. The van der Waals surface area contributed by atoms with Crippen LogP contribution in [-0.4, -0.2) is 74.7 Å². The van der Waals surface area contributed by atoms with E-state index in [0.717, 1.165) is 28.3 Å². The van der Waals surface area contributed by atoms with Gasteiger partial charge in [-0.2, -0.15) is 5.10 Å². The van der Waals surface area contributed by atoms with Gasteiger partial charge in [-0.05, 0) is 55.8 Å². The molecule has 0 spiro atoms. The van der Waals surface area contributed by atoms with Crippen molar-refractivity contribution in [3.05, 3.63) is 94.9 Å². The summed E-state index contributed by atoms with van der Waals surface area (Å²) in [5.41, 5.74) is 4.48. The topological polar surface area (TPSA) is 130 Å². The Balaban J connectivity index is 1.26.